The second-order valence-corrected chi connectivity index (χ2v) is 2.86. The van der Waals surface area contributed by atoms with Crippen LogP contribution in [0.15, 0.2) is 0 Å². The number of ether oxygens (including phenoxy) is 1. The lowest BCUT2D eigenvalue weighted by Crippen LogP contribution is -2.44. The molecule has 6 heteroatoms. The van der Waals surface area contributed by atoms with E-state index < -0.39 is 24.2 Å². The van der Waals surface area contributed by atoms with E-state index in [1.54, 1.807) is 0 Å². The van der Waals surface area contributed by atoms with Gasteiger partial charge in [-0.2, -0.15) is 0 Å². The summed E-state index contributed by atoms with van der Waals surface area (Å²) in [5.74, 6) is -1.14. The van der Waals surface area contributed by atoms with Gasteiger partial charge in [0.15, 0.2) is 6.04 Å². The van der Waals surface area contributed by atoms with Crippen molar-refractivity contribution in [2.24, 2.45) is 0 Å². The maximum absolute atomic E-state index is 10.6. The van der Waals surface area contributed by atoms with Gasteiger partial charge in [0, 0.05) is 0 Å². The normalized spacial score (nSPS) is 37.7. The van der Waals surface area contributed by atoms with Crippen LogP contribution in [0.4, 0.5) is 4.79 Å². The molecular formula is C6H7NO5. The highest BCUT2D eigenvalue weighted by molar-refractivity contribution is 5.81. The number of hydrogen-bond donors (Lipinski definition) is 2. The fraction of sp³-hybridized carbons (Fsp3) is 0.667. The predicted molar refractivity (Wildman–Crippen MR) is 34.8 cm³/mol. The molecule has 2 aliphatic rings. The van der Waals surface area contributed by atoms with Gasteiger partial charge in [0.2, 0.25) is 0 Å². The van der Waals surface area contributed by atoms with E-state index >= 15 is 0 Å². The third-order valence-electron chi connectivity index (χ3n) is 2.14. The Morgan fingerprint density at radius 1 is 1.42 bits per heavy atom. The molecule has 0 bridgehead atoms. The average Bonchev–Trinajstić information content (AvgIpc) is 2.60. The van der Waals surface area contributed by atoms with Crippen LogP contribution < -0.4 is 0 Å². The third-order valence-corrected chi connectivity index (χ3v) is 2.14. The van der Waals surface area contributed by atoms with Crippen LogP contribution in [-0.4, -0.2) is 52.0 Å². The number of morpholine rings is 1. The third kappa shape index (κ3) is 0.845. The molecule has 2 N–H and O–H groups in total. The van der Waals surface area contributed by atoms with Crippen LogP contribution in [0.25, 0.3) is 0 Å². The van der Waals surface area contributed by atoms with E-state index in [0.29, 0.717) is 0 Å². The number of nitrogens with zero attached hydrogens (tertiary/aromatic N) is 1. The molecule has 6 nitrogen and oxygen atoms in total. The van der Waals surface area contributed by atoms with Crippen LogP contribution in [0.2, 0.25) is 0 Å². The van der Waals surface area contributed by atoms with Gasteiger partial charge in [0.05, 0.1) is 6.54 Å². The molecule has 0 aliphatic carbocycles. The second kappa shape index (κ2) is 2.10. The van der Waals surface area contributed by atoms with Crippen molar-refractivity contribution in [3.63, 3.8) is 0 Å². The summed E-state index contributed by atoms with van der Waals surface area (Å²) in [7, 11) is 0. The van der Waals surface area contributed by atoms with Gasteiger partial charge in [-0.15, -0.1) is 0 Å². The van der Waals surface area contributed by atoms with Crippen LogP contribution in [0.3, 0.4) is 0 Å². The summed E-state index contributed by atoms with van der Waals surface area (Å²) in [5.41, 5.74) is 0. The number of hydrogen-bond acceptors (Lipinski definition) is 3. The smallest absolute Gasteiger partial charge is 0.408 e. The molecule has 0 aromatic heterocycles. The Labute approximate surface area is 67.3 Å². The van der Waals surface area contributed by atoms with Crippen molar-refractivity contribution in [1.29, 1.82) is 0 Å². The van der Waals surface area contributed by atoms with Crippen molar-refractivity contribution >= 4 is 12.1 Å². The second-order valence-electron chi connectivity index (χ2n) is 2.86. The van der Waals surface area contributed by atoms with Gasteiger partial charge in [-0.05, 0) is 0 Å². The highest BCUT2D eigenvalue weighted by Gasteiger charge is 2.59. The van der Waals surface area contributed by atoms with Gasteiger partial charge in [-0.1, -0.05) is 0 Å². The summed E-state index contributed by atoms with van der Waals surface area (Å²) >= 11 is 0. The van der Waals surface area contributed by atoms with Crippen LogP contribution in [0.5, 0.6) is 0 Å². The van der Waals surface area contributed by atoms with E-state index in [2.05, 4.69) is 0 Å². The van der Waals surface area contributed by atoms with E-state index in [9.17, 15) is 9.59 Å². The summed E-state index contributed by atoms with van der Waals surface area (Å²) in [6.07, 6.45) is -1.81. The van der Waals surface area contributed by atoms with Gasteiger partial charge in [-0.25, -0.2) is 9.59 Å². The molecule has 2 saturated heterocycles. The van der Waals surface area contributed by atoms with Gasteiger partial charge in [0.1, 0.15) is 12.2 Å². The fourth-order valence-corrected chi connectivity index (χ4v) is 1.54. The van der Waals surface area contributed by atoms with Crippen molar-refractivity contribution < 1.29 is 24.5 Å². The lowest BCUT2D eigenvalue weighted by atomic mass is 10.2. The SMILES string of the molecule is O=C(O)[C@@H]1[C@@H]2OC2CN1C(=O)O. The maximum atomic E-state index is 10.6. The number of fused-ring (bicyclic) bond motifs is 1. The monoisotopic (exact) mass is 173 g/mol. The topological polar surface area (TPSA) is 90.4 Å². The first-order chi connectivity index (χ1) is 5.61. The Balaban J connectivity index is 2.16. The minimum Gasteiger partial charge on any atom is -0.480 e. The van der Waals surface area contributed by atoms with E-state index in [-0.39, 0.29) is 12.6 Å². The number of epoxide rings is 1. The molecule has 1 amide bonds. The maximum Gasteiger partial charge on any atom is 0.408 e. The van der Waals surface area contributed by atoms with E-state index in [1.165, 1.54) is 0 Å². The molecule has 66 valence electrons. The molecule has 2 fully saturated rings. The Morgan fingerprint density at radius 2 is 2.08 bits per heavy atom. The molecular weight excluding hydrogens is 166 g/mol. The Hall–Kier alpha value is -1.30. The quantitative estimate of drug-likeness (QED) is 0.506. The van der Waals surface area contributed by atoms with Crippen LogP contribution >= 0.6 is 0 Å². The molecule has 1 unspecified atom stereocenters. The van der Waals surface area contributed by atoms with Crippen molar-refractivity contribution in [2.75, 3.05) is 6.54 Å². The number of aliphatic carboxylic acids is 1. The lowest BCUT2D eigenvalue weighted by molar-refractivity contribution is -0.143. The van der Waals surface area contributed by atoms with Gasteiger partial charge < -0.3 is 14.9 Å². The number of amides is 1. The summed E-state index contributed by atoms with van der Waals surface area (Å²) in [4.78, 5) is 22.0. The highest BCUT2D eigenvalue weighted by Crippen LogP contribution is 2.36. The van der Waals surface area contributed by atoms with E-state index in [0.717, 1.165) is 4.90 Å². The standard InChI is InChI=1S/C6H7NO5/c8-5(9)3-4-2(12-4)1-7(3)6(10)11/h2-4H,1H2,(H,8,9)(H,10,11)/t2?,3-,4+/m0/s1. The first kappa shape index (κ1) is 7.35. The molecule has 3 atom stereocenters. The van der Waals surface area contributed by atoms with Gasteiger partial charge in [-0.3, -0.25) is 4.90 Å². The van der Waals surface area contributed by atoms with Crippen molar-refractivity contribution in [2.45, 2.75) is 18.2 Å². The zero-order valence-electron chi connectivity index (χ0n) is 6.01. The molecule has 0 saturated carbocycles. The van der Waals surface area contributed by atoms with E-state index in [4.69, 9.17) is 14.9 Å². The molecule has 0 aromatic carbocycles. The average molecular weight is 173 g/mol. The van der Waals surface area contributed by atoms with Crippen molar-refractivity contribution in [3.05, 3.63) is 0 Å². The number of rotatable bonds is 1. The van der Waals surface area contributed by atoms with Crippen LogP contribution in [0, 0.1) is 0 Å². The molecule has 0 radical (unpaired) electrons. The molecule has 2 aliphatic heterocycles. The molecule has 0 spiro atoms. The van der Waals surface area contributed by atoms with E-state index in [1.807, 2.05) is 0 Å². The summed E-state index contributed by atoms with van der Waals surface area (Å²) in [6, 6.07) is -1.01. The Kier molecular flexibility index (Phi) is 1.29. The zero-order chi connectivity index (χ0) is 8.88. The highest BCUT2D eigenvalue weighted by atomic mass is 16.6. The first-order valence-electron chi connectivity index (χ1n) is 3.49. The van der Waals surface area contributed by atoms with Gasteiger partial charge in [0.25, 0.3) is 0 Å². The number of carboxylic acid groups (broad SMARTS) is 2. The summed E-state index contributed by atoms with van der Waals surface area (Å²) in [6.45, 7) is 0.178. The number of likely N-dealkylation sites (tertiary alicyclic amines) is 1. The first-order valence-corrected chi connectivity index (χ1v) is 3.49. The van der Waals surface area contributed by atoms with Crippen LogP contribution in [0.1, 0.15) is 0 Å². The lowest BCUT2D eigenvalue weighted by Gasteiger charge is -2.19. The van der Waals surface area contributed by atoms with Gasteiger partial charge >= 0.3 is 12.1 Å². The zero-order valence-corrected chi connectivity index (χ0v) is 6.01. The molecule has 0 aromatic rings. The number of carboxylic acids is 1. The molecule has 2 rings (SSSR count). The number of carbonyl (C=O) groups is 2. The minimum absolute atomic E-state index is 0.178. The van der Waals surface area contributed by atoms with Crippen molar-refractivity contribution in [3.8, 4) is 0 Å². The molecule has 12 heavy (non-hydrogen) atoms. The fourth-order valence-electron chi connectivity index (χ4n) is 1.54. The minimum atomic E-state index is -1.20. The van der Waals surface area contributed by atoms with Crippen molar-refractivity contribution in [1.82, 2.24) is 4.90 Å². The Morgan fingerprint density at radius 3 is 2.50 bits per heavy atom. The summed E-state index contributed by atoms with van der Waals surface area (Å²) < 4.78 is 4.92. The Bertz CT molecular complexity index is 252. The van der Waals surface area contributed by atoms with Crippen LogP contribution in [-0.2, 0) is 9.53 Å². The molecule has 2 heterocycles. The summed E-state index contributed by atoms with van der Waals surface area (Å²) in [5, 5.41) is 17.2. The largest absolute Gasteiger partial charge is 0.480 e. The predicted octanol–water partition coefficient (Wildman–Crippen LogP) is -0.799.